The van der Waals surface area contributed by atoms with Crippen LogP contribution in [0, 0.1) is 0 Å². The predicted molar refractivity (Wildman–Crippen MR) is 63.6 cm³/mol. The number of ether oxygens (including phenoxy) is 1. The van der Waals surface area contributed by atoms with E-state index < -0.39 is 5.60 Å². The van der Waals surface area contributed by atoms with Crippen LogP contribution in [0.1, 0.15) is 55.8 Å². The number of carbonyl (C=O) groups is 1. The van der Waals surface area contributed by atoms with Gasteiger partial charge < -0.3 is 4.74 Å². The standard InChI is InChI=1S/C12H18O2S/c1-8(2)10-6-9(7-15-10)11(13)14-12(3,4)5/h6-8H,1-5H3. The maximum absolute atomic E-state index is 11.7. The quantitative estimate of drug-likeness (QED) is 0.716. The Hall–Kier alpha value is -0.830. The zero-order valence-corrected chi connectivity index (χ0v) is 10.8. The van der Waals surface area contributed by atoms with Gasteiger partial charge >= 0.3 is 5.97 Å². The summed E-state index contributed by atoms with van der Waals surface area (Å²) in [7, 11) is 0. The summed E-state index contributed by atoms with van der Waals surface area (Å²) in [5.41, 5.74) is 0.246. The first kappa shape index (κ1) is 12.2. The molecule has 3 heteroatoms. The van der Waals surface area contributed by atoms with Gasteiger partial charge in [0.1, 0.15) is 5.60 Å². The van der Waals surface area contributed by atoms with Crippen LogP contribution in [0.4, 0.5) is 0 Å². The van der Waals surface area contributed by atoms with Gasteiger partial charge in [-0.25, -0.2) is 4.79 Å². The Bertz CT molecular complexity index is 345. The number of thiophene rings is 1. The van der Waals surface area contributed by atoms with Crippen molar-refractivity contribution in [1.29, 1.82) is 0 Å². The van der Waals surface area contributed by atoms with Crippen LogP contribution < -0.4 is 0 Å². The number of rotatable bonds is 2. The molecule has 0 radical (unpaired) electrons. The minimum atomic E-state index is -0.420. The molecule has 0 saturated carbocycles. The van der Waals surface area contributed by atoms with Crippen LogP contribution in [0.15, 0.2) is 11.4 Å². The molecule has 0 unspecified atom stereocenters. The summed E-state index contributed by atoms with van der Waals surface area (Å²) in [5.74, 6) is 0.233. The highest BCUT2D eigenvalue weighted by molar-refractivity contribution is 7.10. The van der Waals surface area contributed by atoms with Crippen molar-refractivity contribution >= 4 is 17.3 Å². The number of hydrogen-bond donors (Lipinski definition) is 0. The van der Waals surface area contributed by atoms with Gasteiger partial charge in [-0.1, -0.05) is 13.8 Å². The van der Waals surface area contributed by atoms with E-state index in [0.29, 0.717) is 11.5 Å². The molecule has 2 nitrogen and oxygen atoms in total. The topological polar surface area (TPSA) is 26.3 Å². The van der Waals surface area contributed by atoms with E-state index in [1.54, 1.807) is 11.3 Å². The van der Waals surface area contributed by atoms with Gasteiger partial charge in [0.2, 0.25) is 0 Å². The Morgan fingerprint density at radius 2 is 2.00 bits per heavy atom. The zero-order chi connectivity index (χ0) is 11.6. The number of hydrogen-bond acceptors (Lipinski definition) is 3. The van der Waals surface area contributed by atoms with Gasteiger partial charge in [0.25, 0.3) is 0 Å². The Kier molecular flexibility index (Phi) is 3.55. The molecule has 0 saturated heterocycles. The molecule has 1 aromatic rings. The second-order valence-corrected chi connectivity index (χ2v) is 5.84. The van der Waals surface area contributed by atoms with Crippen LogP contribution in [0.25, 0.3) is 0 Å². The molecule has 0 bridgehead atoms. The predicted octanol–water partition coefficient (Wildman–Crippen LogP) is 3.83. The van der Waals surface area contributed by atoms with E-state index in [4.69, 9.17) is 4.74 Å². The monoisotopic (exact) mass is 226 g/mol. The number of esters is 1. The lowest BCUT2D eigenvalue weighted by Crippen LogP contribution is -2.23. The molecule has 0 spiro atoms. The van der Waals surface area contributed by atoms with Crippen LogP contribution >= 0.6 is 11.3 Å². The van der Waals surface area contributed by atoms with Gasteiger partial charge in [0.15, 0.2) is 0 Å². The average Bonchev–Trinajstić information content (AvgIpc) is 2.47. The van der Waals surface area contributed by atoms with E-state index in [1.165, 1.54) is 4.88 Å². The van der Waals surface area contributed by atoms with Gasteiger partial charge in [-0.2, -0.15) is 0 Å². The van der Waals surface area contributed by atoms with Crippen molar-refractivity contribution < 1.29 is 9.53 Å². The van der Waals surface area contributed by atoms with E-state index in [9.17, 15) is 4.79 Å². The molecule has 1 rings (SSSR count). The molecular weight excluding hydrogens is 208 g/mol. The Balaban J connectivity index is 2.75. The first-order valence-electron chi connectivity index (χ1n) is 5.11. The van der Waals surface area contributed by atoms with E-state index in [-0.39, 0.29) is 5.97 Å². The van der Waals surface area contributed by atoms with E-state index in [1.807, 2.05) is 32.2 Å². The van der Waals surface area contributed by atoms with Crippen molar-refractivity contribution in [2.75, 3.05) is 0 Å². The molecule has 0 aliphatic rings. The largest absolute Gasteiger partial charge is 0.456 e. The summed E-state index contributed by atoms with van der Waals surface area (Å²) in [6, 6.07) is 1.92. The summed E-state index contributed by atoms with van der Waals surface area (Å²) in [6.07, 6.45) is 0. The van der Waals surface area contributed by atoms with Crippen molar-refractivity contribution in [1.82, 2.24) is 0 Å². The van der Waals surface area contributed by atoms with E-state index in [0.717, 1.165) is 0 Å². The number of carbonyl (C=O) groups excluding carboxylic acids is 1. The molecule has 0 atom stereocenters. The molecule has 84 valence electrons. The maximum Gasteiger partial charge on any atom is 0.339 e. The Morgan fingerprint density at radius 3 is 2.40 bits per heavy atom. The summed E-state index contributed by atoms with van der Waals surface area (Å²) in [6.45, 7) is 9.86. The highest BCUT2D eigenvalue weighted by atomic mass is 32.1. The third-order valence-electron chi connectivity index (χ3n) is 1.82. The second kappa shape index (κ2) is 4.35. The van der Waals surface area contributed by atoms with Gasteiger partial charge in [-0.15, -0.1) is 11.3 Å². The Labute approximate surface area is 95.3 Å². The fourth-order valence-electron chi connectivity index (χ4n) is 1.10. The minimum Gasteiger partial charge on any atom is -0.456 e. The molecule has 0 aliphatic heterocycles. The summed E-state index contributed by atoms with van der Waals surface area (Å²) < 4.78 is 5.28. The van der Waals surface area contributed by atoms with Crippen molar-refractivity contribution in [3.05, 3.63) is 21.9 Å². The molecule has 15 heavy (non-hydrogen) atoms. The smallest absolute Gasteiger partial charge is 0.339 e. The lowest BCUT2D eigenvalue weighted by molar-refractivity contribution is 0.00701. The van der Waals surface area contributed by atoms with Gasteiger partial charge in [0, 0.05) is 10.3 Å². The van der Waals surface area contributed by atoms with Gasteiger partial charge in [-0.3, -0.25) is 0 Å². The van der Waals surface area contributed by atoms with Crippen LogP contribution in [0.5, 0.6) is 0 Å². The fraction of sp³-hybridized carbons (Fsp3) is 0.583. The van der Waals surface area contributed by atoms with Crippen LogP contribution in [-0.2, 0) is 4.74 Å². The minimum absolute atomic E-state index is 0.231. The normalized spacial score (nSPS) is 11.9. The van der Waals surface area contributed by atoms with Crippen LogP contribution in [-0.4, -0.2) is 11.6 Å². The Morgan fingerprint density at radius 1 is 1.40 bits per heavy atom. The average molecular weight is 226 g/mol. The molecular formula is C12H18O2S. The van der Waals surface area contributed by atoms with Gasteiger partial charge in [0.05, 0.1) is 5.56 Å². The molecule has 1 heterocycles. The van der Waals surface area contributed by atoms with Crippen LogP contribution in [0.3, 0.4) is 0 Å². The third-order valence-corrected chi connectivity index (χ3v) is 3.06. The van der Waals surface area contributed by atoms with Crippen molar-refractivity contribution in [2.24, 2.45) is 0 Å². The van der Waals surface area contributed by atoms with Crippen molar-refractivity contribution in [3.63, 3.8) is 0 Å². The molecule has 0 fully saturated rings. The van der Waals surface area contributed by atoms with Gasteiger partial charge in [-0.05, 0) is 32.8 Å². The lowest BCUT2D eigenvalue weighted by Gasteiger charge is -2.18. The molecule has 1 aromatic heterocycles. The van der Waals surface area contributed by atoms with Crippen molar-refractivity contribution in [3.8, 4) is 0 Å². The summed E-state index contributed by atoms with van der Waals surface area (Å²) in [5, 5.41) is 1.86. The first-order chi connectivity index (χ1) is 6.79. The molecule has 0 aromatic carbocycles. The second-order valence-electron chi connectivity index (χ2n) is 4.89. The van der Waals surface area contributed by atoms with Crippen molar-refractivity contribution in [2.45, 2.75) is 46.1 Å². The lowest BCUT2D eigenvalue weighted by atomic mass is 10.1. The third kappa shape index (κ3) is 3.67. The summed E-state index contributed by atoms with van der Waals surface area (Å²) in [4.78, 5) is 12.9. The zero-order valence-electron chi connectivity index (χ0n) is 9.96. The maximum atomic E-state index is 11.7. The molecule has 0 N–H and O–H groups in total. The fourth-order valence-corrected chi connectivity index (χ4v) is 1.99. The molecule has 0 aliphatic carbocycles. The van der Waals surface area contributed by atoms with E-state index >= 15 is 0 Å². The first-order valence-corrected chi connectivity index (χ1v) is 5.99. The highest BCUT2D eigenvalue weighted by Crippen LogP contribution is 2.24. The molecule has 0 amide bonds. The SMILES string of the molecule is CC(C)c1cc(C(=O)OC(C)(C)C)cs1. The van der Waals surface area contributed by atoms with Crippen LogP contribution in [0.2, 0.25) is 0 Å². The summed E-state index contributed by atoms with van der Waals surface area (Å²) >= 11 is 1.61. The van der Waals surface area contributed by atoms with E-state index in [2.05, 4.69) is 13.8 Å². The highest BCUT2D eigenvalue weighted by Gasteiger charge is 2.19.